The van der Waals surface area contributed by atoms with Crippen LogP contribution in [0.1, 0.15) is 0 Å². The molecular formula is C2H8N4. The average Bonchev–Trinajstić information content (AvgIpc) is 1.65. The van der Waals surface area contributed by atoms with Crippen LogP contribution in [0, 0.1) is 5.53 Å². The van der Waals surface area contributed by atoms with E-state index < -0.39 is 0 Å². The lowest BCUT2D eigenvalue weighted by Gasteiger charge is -2.04. The summed E-state index contributed by atoms with van der Waals surface area (Å²) in [6.07, 6.45) is 0. The lowest BCUT2D eigenvalue weighted by atomic mass is 11.3. The minimum atomic E-state index is 1.29. The molecule has 0 heterocycles. The van der Waals surface area contributed by atoms with E-state index in [1.165, 1.54) is 5.12 Å². The molecule has 0 saturated carbocycles. The standard InChI is InChI=1S/C2H8N4/c1-4-6(2)5-3/h3-4H,1-2H3. The number of hydrogen-bond acceptors (Lipinski definition) is 3. The van der Waals surface area contributed by atoms with E-state index in [9.17, 15) is 0 Å². The summed E-state index contributed by atoms with van der Waals surface area (Å²) in [6.45, 7) is 0. The molecule has 0 saturated heterocycles. The van der Waals surface area contributed by atoms with Gasteiger partial charge in [0.05, 0.1) is 0 Å². The van der Waals surface area contributed by atoms with Crippen LogP contribution in [-0.4, -0.2) is 19.2 Å². The van der Waals surface area contributed by atoms with Gasteiger partial charge in [-0.15, -0.1) is 0 Å². The van der Waals surface area contributed by atoms with Gasteiger partial charge in [-0.1, -0.05) is 5.22 Å². The van der Waals surface area contributed by atoms with Gasteiger partial charge in [-0.05, 0) is 0 Å². The Hall–Kier alpha value is -0.640. The summed E-state index contributed by atoms with van der Waals surface area (Å²) >= 11 is 0. The van der Waals surface area contributed by atoms with Crippen LogP contribution in [0.25, 0.3) is 0 Å². The summed E-state index contributed by atoms with van der Waals surface area (Å²) in [7, 11) is 3.34. The molecule has 0 aliphatic carbocycles. The van der Waals surface area contributed by atoms with Crippen LogP contribution in [0.3, 0.4) is 0 Å². The molecule has 0 unspecified atom stereocenters. The van der Waals surface area contributed by atoms with Crippen molar-refractivity contribution in [1.82, 2.24) is 10.5 Å². The second kappa shape index (κ2) is 2.59. The van der Waals surface area contributed by atoms with Crippen molar-refractivity contribution in [3.05, 3.63) is 0 Å². The highest BCUT2D eigenvalue weighted by Gasteiger charge is 1.74. The first-order valence-corrected chi connectivity index (χ1v) is 1.59. The van der Waals surface area contributed by atoms with Gasteiger partial charge in [0.15, 0.2) is 0 Å². The Bertz CT molecular complexity index is 42.8. The molecule has 0 rings (SSSR count). The van der Waals surface area contributed by atoms with Crippen LogP contribution in [0.2, 0.25) is 0 Å². The summed E-state index contributed by atoms with van der Waals surface area (Å²) in [6, 6.07) is 0. The molecule has 2 N–H and O–H groups in total. The third kappa shape index (κ3) is 1.66. The zero-order valence-corrected chi connectivity index (χ0v) is 3.89. The molecule has 0 radical (unpaired) electrons. The van der Waals surface area contributed by atoms with E-state index in [1.54, 1.807) is 14.1 Å². The second-order valence-electron chi connectivity index (χ2n) is 0.847. The Morgan fingerprint density at radius 1 is 1.83 bits per heavy atom. The molecule has 6 heavy (non-hydrogen) atoms. The maximum Gasteiger partial charge on any atom is 0.0438 e. The highest BCUT2D eigenvalue weighted by Crippen LogP contribution is 1.65. The number of nitrogens with one attached hydrogen (secondary N) is 2. The van der Waals surface area contributed by atoms with Crippen LogP contribution >= 0.6 is 0 Å². The van der Waals surface area contributed by atoms with Crippen molar-refractivity contribution in [2.24, 2.45) is 5.22 Å². The summed E-state index contributed by atoms with van der Waals surface area (Å²) in [5.41, 5.74) is 8.89. The lowest BCUT2D eigenvalue weighted by Crippen LogP contribution is -2.23. The molecule has 4 heteroatoms. The molecule has 0 aliphatic heterocycles. The molecular weight excluding hydrogens is 80.1 g/mol. The Balaban J connectivity index is 2.96. The minimum Gasteiger partial charge on any atom is -0.220 e. The van der Waals surface area contributed by atoms with E-state index in [0.717, 1.165) is 0 Å². The van der Waals surface area contributed by atoms with Crippen molar-refractivity contribution >= 4 is 0 Å². The number of nitrogens with zero attached hydrogens (tertiary/aromatic N) is 2. The third-order valence-corrected chi connectivity index (χ3v) is 0.474. The first-order valence-electron chi connectivity index (χ1n) is 1.59. The largest absolute Gasteiger partial charge is 0.220 e. The Labute approximate surface area is 36.6 Å². The van der Waals surface area contributed by atoms with Gasteiger partial charge in [0.2, 0.25) is 0 Å². The van der Waals surface area contributed by atoms with Gasteiger partial charge in [0.1, 0.15) is 0 Å². The Morgan fingerprint density at radius 3 is 2.33 bits per heavy atom. The topological polar surface area (TPSA) is 51.5 Å². The quantitative estimate of drug-likeness (QED) is 0.368. The molecule has 4 nitrogen and oxygen atoms in total. The minimum absolute atomic E-state index is 1.29. The van der Waals surface area contributed by atoms with Crippen molar-refractivity contribution in [3.63, 3.8) is 0 Å². The molecule has 0 aliphatic rings. The van der Waals surface area contributed by atoms with Gasteiger partial charge >= 0.3 is 0 Å². The first-order chi connectivity index (χ1) is 2.81. The number of hydrogen-bond donors (Lipinski definition) is 2. The van der Waals surface area contributed by atoms with Crippen LogP contribution in [0.15, 0.2) is 5.22 Å². The smallest absolute Gasteiger partial charge is 0.0438 e. The van der Waals surface area contributed by atoms with Crippen LogP contribution < -0.4 is 5.43 Å². The van der Waals surface area contributed by atoms with Crippen molar-refractivity contribution in [3.8, 4) is 0 Å². The van der Waals surface area contributed by atoms with E-state index in [-0.39, 0.29) is 0 Å². The molecule has 0 atom stereocenters. The maximum absolute atomic E-state index is 6.30. The van der Waals surface area contributed by atoms with E-state index in [1.807, 2.05) is 0 Å². The van der Waals surface area contributed by atoms with E-state index in [2.05, 4.69) is 10.6 Å². The average molecular weight is 88.1 g/mol. The molecule has 36 valence electrons. The monoisotopic (exact) mass is 88.1 g/mol. The SMILES string of the molecule is CNN(C)N=N. The fourth-order valence-corrected chi connectivity index (χ4v) is 0.0500. The molecule has 0 aromatic carbocycles. The molecule has 0 aromatic rings. The molecule has 0 bridgehead atoms. The van der Waals surface area contributed by atoms with Crippen LogP contribution in [0.4, 0.5) is 0 Å². The summed E-state index contributed by atoms with van der Waals surface area (Å²) < 4.78 is 0. The molecule has 0 aromatic heterocycles. The molecule has 0 fully saturated rings. The van der Waals surface area contributed by atoms with Gasteiger partial charge in [-0.2, -0.15) is 5.53 Å². The van der Waals surface area contributed by atoms with E-state index in [0.29, 0.717) is 0 Å². The van der Waals surface area contributed by atoms with Gasteiger partial charge in [0, 0.05) is 14.1 Å². The highest BCUT2D eigenvalue weighted by atomic mass is 15.7. The Morgan fingerprint density at radius 2 is 2.33 bits per heavy atom. The second-order valence-corrected chi connectivity index (χ2v) is 0.847. The highest BCUT2D eigenvalue weighted by molar-refractivity contribution is 4.11. The number of hydrazine groups is 1. The number of rotatable bonds is 2. The molecule has 0 spiro atoms. The van der Waals surface area contributed by atoms with Crippen LogP contribution in [0.5, 0.6) is 0 Å². The van der Waals surface area contributed by atoms with E-state index in [4.69, 9.17) is 5.53 Å². The lowest BCUT2D eigenvalue weighted by molar-refractivity contribution is 0.247. The zero-order chi connectivity index (χ0) is 4.99. The summed E-state index contributed by atoms with van der Waals surface area (Å²) in [4.78, 5) is 0. The third-order valence-electron chi connectivity index (χ3n) is 0.474. The van der Waals surface area contributed by atoms with Gasteiger partial charge < -0.3 is 0 Å². The van der Waals surface area contributed by atoms with Crippen LogP contribution in [-0.2, 0) is 0 Å². The predicted octanol–water partition coefficient (Wildman–Crippen LogP) is -0.00143. The normalized spacial score (nSPS) is 7.67. The van der Waals surface area contributed by atoms with Crippen molar-refractivity contribution in [2.45, 2.75) is 0 Å². The summed E-state index contributed by atoms with van der Waals surface area (Å²) in [5.74, 6) is 0. The van der Waals surface area contributed by atoms with E-state index >= 15 is 0 Å². The van der Waals surface area contributed by atoms with Crippen molar-refractivity contribution < 1.29 is 0 Å². The molecule has 0 amide bonds. The van der Waals surface area contributed by atoms with Crippen molar-refractivity contribution in [2.75, 3.05) is 14.1 Å². The van der Waals surface area contributed by atoms with Gasteiger partial charge in [-0.25, -0.2) is 10.5 Å². The predicted molar refractivity (Wildman–Crippen MR) is 22.0 cm³/mol. The Kier molecular flexibility index (Phi) is 2.31. The maximum atomic E-state index is 6.30. The van der Waals surface area contributed by atoms with Gasteiger partial charge in [0.25, 0.3) is 0 Å². The fraction of sp³-hybridized carbons (Fsp3) is 1.00. The fourth-order valence-electron chi connectivity index (χ4n) is 0.0500. The van der Waals surface area contributed by atoms with Gasteiger partial charge in [-0.3, -0.25) is 0 Å². The first kappa shape index (κ1) is 5.36. The van der Waals surface area contributed by atoms with Crippen molar-refractivity contribution in [1.29, 1.82) is 5.53 Å². The summed E-state index contributed by atoms with van der Waals surface area (Å²) in [5, 5.41) is 4.27. The zero-order valence-electron chi connectivity index (χ0n) is 3.89.